The molecule has 0 aromatic heterocycles. The van der Waals surface area contributed by atoms with Gasteiger partial charge in [-0.1, -0.05) is 6.92 Å². The molecule has 132 valence electrons. The van der Waals surface area contributed by atoms with Gasteiger partial charge in [0.05, 0.1) is 19.3 Å². The van der Waals surface area contributed by atoms with Crippen LogP contribution in [0.5, 0.6) is 0 Å². The van der Waals surface area contributed by atoms with Crippen molar-refractivity contribution in [1.82, 2.24) is 0 Å². The predicted octanol–water partition coefficient (Wildman–Crippen LogP) is 2.73. The molecular weight excluding hydrogens is 288 g/mol. The summed E-state index contributed by atoms with van der Waals surface area (Å²) in [6.07, 6.45) is 4.99. The molecule has 0 aliphatic rings. The van der Waals surface area contributed by atoms with Gasteiger partial charge in [0.2, 0.25) is 0 Å². The van der Waals surface area contributed by atoms with E-state index in [1.807, 2.05) is 6.92 Å². The fraction of sp³-hybridized carbons (Fsp3) is 0.875. The first kappa shape index (κ1) is 23.1. The van der Waals surface area contributed by atoms with E-state index in [1.54, 1.807) is 14.2 Å². The zero-order valence-electron chi connectivity index (χ0n) is 14.7. The Labute approximate surface area is 134 Å². The van der Waals surface area contributed by atoms with Crippen LogP contribution < -0.4 is 0 Å². The fourth-order valence-corrected chi connectivity index (χ4v) is 1.56. The summed E-state index contributed by atoms with van der Waals surface area (Å²) in [6, 6.07) is 0. The monoisotopic (exact) mass is 320 g/mol. The highest BCUT2D eigenvalue weighted by Crippen LogP contribution is 2.01. The lowest BCUT2D eigenvalue weighted by Gasteiger charge is -2.11. The third-order valence-corrected chi connectivity index (χ3v) is 2.83. The molecule has 0 heterocycles. The minimum Gasteiger partial charge on any atom is -0.466 e. The molecule has 0 aromatic rings. The van der Waals surface area contributed by atoms with E-state index in [0.717, 1.165) is 38.7 Å². The zero-order chi connectivity index (χ0) is 17.2. The lowest BCUT2D eigenvalue weighted by Crippen LogP contribution is -2.13. The van der Waals surface area contributed by atoms with E-state index in [2.05, 4.69) is 0 Å². The molecule has 1 atom stereocenters. The number of methoxy groups -OCH3 is 2. The van der Waals surface area contributed by atoms with Crippen LogP contribution in [0.2, 0.25) is 0 Å². The minimum absolute atomic E-state index is 0.197. The van der Waals surface area contributed by atoms with E-state index in [9.17, 15) is 9.59 Å². The van der Waals surface area contributed by atoms with Gasteiger partial charge in [0.15, 0.2) is 0 Å². The molecule has 0 aliphatic heterocycles. The second kappa shape index (κ2) is 17.9. The van der Waals surface area contributed by atoms with Crippen LogP contribution in [0.4, 0.5) is 0 Å². The molecule has 6 heteroatoms. The van der Waals surface area contributed by atoms with Crippen molar-refractivity contribution in [2.24, 2.45) is 0 Å². The van der Waals surface area contributed by atoms with Crippen molar-refractivity contribution in [3.8, 4) is 0 Å². The first-order valence-corrected chi connectivity index (χ1v) is 7.76. The number of carbonyl (C=O) groups is 2. The number of ether oxygens (including phenoxy) is 4. The van der Waals surface area contributed by atoms with Gasteiger partial charge in [0.1, 0.15) is 0 Å². The van der Waals surface area contributed by atoms with Gasteiger partial charge in [-0.2, -0.15) is 0 Å². The van der Waals surface area contributed by atoms with Crippen molar-refractivity contribution in [2.45, 2.75) is 59.0 Å². The number of hydrogen-bond acceptors (Lipinski definition) is 6. The number of hydrogen-bond donors (Lipinski definition) is 0. The van der Waals surface area contributed by atoms with E-state index >= 15 is 0 Å². The maximum absolute atomic E-state index is 10.3. The Kier molecular flexibility index (Phi) is 18.8. The van der Waals surface area contributed by atoms with Crippen LogP contribution in [0.3, 0.4) is 0 Å². The zero-order valence-corrected chi connectivity index (χ0v) is 14.7. The quantitative estimate of drug-likeness (QED) is 0.430. The molecule has 0 saturated carbocycles. The lowest BCUT2D eigenvalue weighted by atomic mass is 10.2. The van der Waals surface area contributed by atoms with Gasteiger partial charge in [0.25, 0.3) is 0 Å². The van der Waals surface area contributed by atoms with Crippen LogP contribution in [0.25, 0.3) is 0 Å². The number of esters is 2. The Morgan fingerprint density at radius 3 is 1.86 bits per heavy atom. The van der Waals surface area contributed by atoms with E-state index in [-0.39, 0.29) is 18.0 Å². The largest absolute Gasteiger partial charge is 0.466 e. The number of carbonyl (C=O) groups excluding carboxylic acids is 2. The minimum atomic E-state index is -0.226. The van der Waals surface area contributed by atoms with Crippen LogP contribution in [0.1, 0.15) is 52.9 Å². The van der Waals surface area contributed by atoms with Gasteiger partial charge in [-0.3, -0.25) is 9.59 Å². The van der Waals surface area contributed by atoms with Crippen molar-refractivity contribution < 1.29 is 28.5 Å². The van der Waals surface area contributed by atoms with E-state index in [0.29, 0.717) is 13.2 Å². The van der Waals surface area contributed by atoms with Crippen molar-refractivity contribution in [3.05, 3.63) is 0 Å². The molecule has 0 bridgehead atoms. The summed E-state index contributed by atoms with van der Waals surface area (Å²) >= 11 is 0. The Morgan fingerprint density at radius 1 is 0.864 bits per heavy atom. The van der Waals surface area contributed by atoms with Crippen LogP contribution in [0, 0.1) is 0 Å². The molecule has 0 amide bonds. The average Bonchev–Trinajstić information content (AvgIpc) is 2.47. The predicted molar refractivity (Wildman–Crippen MR) is 84.7 cm³/mol. The maximum Gasteiger partial charge on any atom is 0.302 e. The van der Waals surface area contributed by atoms with Gasteiger partial charge >= 0.3 is 11.9 Å². The Hall–Kier alpha value is -1.14. The molecule has 0 spiro atoms. The van der Waals surface area contributed by atoms with Crippen LogP contribution in [0.15, 0.2) is 0 Å². The molecule has 0 aromatic carbocycles. The van der Waals surface area contributed by atoms with Gasteiger partial charge in [-0.25, -0.2) is 0 Å². The third kappa shape index (κ3) is 21.2. The molecule has 0 rings (SSSR count). The maximum atomic E-state index is 10.3. The van der Waals surface area contributed by atoms with Crippen molar-refractivity contribution in [2.75, 3.05) is 34.0 Å². The lowest BCUT2D eigenvalue weighted by molar-refractivity contribution is -0.142. The molecule has 0 fully saturated rings. The standard InChI is InChI=1S/2C8H16O3/c1-8(9)11-7-5-3-4-6-10-2;1-4-8(10-3)5-6-11-7(2)9/h3-7H2,1-2H3;8H,4-6H2,1-3H3. The van der Waals surface area contributed by atoms with Crippen molar-refractivity contribution in [3.63, 3.8) is 0 Å². The molecule has 0 radical (unpaired) electrons. The van der Waals surface area contributed by atoms with Gasteiger partial charge < -0.3 is 18.9 Å². The summed E-state index contributed by atoms with van der Waals surface area (Å²) in [6.45, 7) is 6.67. The topological polar surface area (TPSA) is 71.1 Å². The van der Waals surface area contributed by atoms with Crippen molar-refractivity contribution in [1.29, 1.82) is 0 Å². The third-order valence-electron chi connectivity index (χ3n) is 2.83. The summed E-state index contributed by atoms with van der Waals surface area (Å²) in [5, 5.41) is 0. The second-order valence-electron chi connectivity index (χ2n) is 4.79. The van der Waals surface area contributed by atoms with E-state index in [1.165, 1.54) is 13.8 Å². The fourth-order valence-electron chi connectivity index (χ4n) is 1.56. The summed E-state index contributed by atoms with van der Waals surface area (Å²) in [7, 11) is 3.36. The number of unbranched alkanes of at least 4 members (excludes halogenated alkanes) is 2. The summed E-state index contributed by atoms with van der Waals surface area (Å²) in [4.78, 5) is 20.6. The molecule has 1 unspecified atom stereocenters. The first-order chi connectivity index (χ1) is 10.5. The highest BCUT2D eigenvalue weighted by atomic mass is 16.5. The second-order valence-corrected chi connectivity index (χ2v) is 4.79. The highest BCUT2D eigenvalue weighted by Gasteiger charge is 2.03. The molecule has 0 saturated heterocycles. The van der Waals surface area contributed by atoms with Gasteiger partial charge in [0, 0.05) is 41.1 Å². The molecule has 0 N–H and O–H groups in total. The SMILES string of the molecule is CCC(CCOC(C)=O)OC.COCCCCCOC(C)=O. The van der Waals surface area contributed by atoms with Crippen molar-refractivity contribution >= 4 is 11.9 Å². The molecule has 6 nitrogen and oxygen atoms in total. The van der Waals surface area contributed by atoms with Gasteiger partial charge in [-0.15, -0.1) is 0 Å². The normalized spacial score (nSPS) is 11.1. The summed E-state index contributed by atoms with van der Waals surface area (Å²) < 4.78 is 19.5. The van der Waals surface area contributed by atoms with E-state index < -0.39 is 0 Å². The Morgan fingerprint density at radius 2 is 1.41 bits per heavy atom. The Bertz CT molecular complexity index is 263. The summed E-state index contributed by atoms with van der Waals surface area (Å²) in [5.74, 6) is -0.423. The smallest absolute Gasteiger partial charge is 0.302 e. The Balaban J connectivity index is 0. The van der Waals surface area contributed by atoms with Crippen LogP contribution in [-0.4, -0.2) is 52.1 Å². The molecule has 0 aliphatic carbocycles. The van der Waals surface area contributed by atoms with Gasteiger partial charge in [-0.05, 0) is 25.7 Å². The highest BCUT2D eigenvalue weighted by molar-refractivity contribution is 5.66. The number of rotatable bonds is 11. The summed E-state index contributed by atoms with van der Waals surface area (Å²) in [5.41, 5.74) is 0. The van der Waals surface area contributed by atoms with Crippen LogP contribution in [-0.2, 0) is 28.5 Å². The molecule has 22 heavy (non-hydrogen) atoms. The average molecular weight is 320 g/mol. The molecular formula is C16H32O6. The van der Waals surface area contributed by atoms with Crippen LogP contribution >= 0.6 is 0 Å². The van der Waals surface area contributed by atoms with E-state index in [4.69, 9.17) is 18.9 Å². The first-order valence-electron chi connectivity index (χ1n) is 7.76.